The number of likely N-dealkylation sites (N-methyl/N-ethyl adjacent to an activating group) is 1. The second-order valence-electron chi connectivity index (χ2n) is 21.7. The van der Waals surface area contributed by atoms with Crippen LogP contribution in [0.4, 0.5) is 0 Å². The van der Waals surface area contributed by atoms with E-state index in [4.69, 9.17) is 9.05 Å². The van der Waals surface area contributed by atoms with Crippen molar-refractivity contribution in [2.75, 3.05) is 40.9 Å². The van der Waals surface area contributed by atoms with Crippen LogP contribution in [-0.4, -0.2) is 68.5 Å². The van der Waals surface area contributed by atoms with Gasteiger partial charge in [0, 0.05) is 6.42 Å². The van der Waals surface area contributed by atoms with Crippen molar-refractivity contribution in [2.45, 2.75) is 244 Å². The monoisotopic (exact) mass is 1100 g/mol. The normalized spacial score (nSPS) is 14.8. The predicted octanol–water partition coefficient (Wildman–Crippen LogP) is 19.0. The van der Waals surface area contributed by atoms with Gasteiger partial charge in [-0.3, -0.25) is 9.36 Å². The Balaban J connectivity index is 4.40. The Morgan fingerprint density at radius 3 is 1.19 bits per heavy atom. The van der Waals surface area contributed by atoms with Crippen LogP contribution in [0.3, 0.4) is 0 Å². The maximum absolute atomic E-state index is 13.0. The Labute approximate surface area is 480 Å². The lowest BCUT2D eigenvalue weighted by Crippen LogP contribution is -2.45. The summed E-state index contributed by atoms with van der Waals surface area (Å²) in [6, 6.07) is -0.954. The lowest BCUT2D eigenvalue weighted by Gasteiger charge is -2.29. The molecule has 0 aromatic heterocycles. The quantitative estimate of drug-likeness (QED) is 0.0272. The molecule has 8 nitrogen and oxygen atoms in total. The molecule has 0 heterocycles. The number of nitrogens with one attached hydrogen (secondary N) is 1. The zero-order chi connectivity index (χ0) is 57.0. The Morgan fingerprint density at radius 2 is 0.795 bits per heavy atom. The first-order chi connectivity index (χ1) is 38.0. The molecule has 0 aliphatic heterocycles. The molecule has 444 valence electrons. The zero-order valence-corrected chi connectivity index (χ0v) is 51.5. The maximum atomic E-state index is 13.0. The number of aliphatic hydroxyl groups excluding tert-OH is 1. The number of carbonyl (C=O) groups is 1. The standard InChI is InChI=1S/C69H117N2O6P/c1-6-8-10-12-14-16-18-20-22-24-26-28-30-32-34-35-37-39-41-43-45-47-49-51-53-55-57-59-61-63-69(73)70-67(66-77-78(74,75)76-65-64-71(3,4)5)68(72)62-60-58-56-54-52-50-48-46-44-42-40-38-36-33-31-29-27-25-23-21-19-17-15-13-11-9-7-2/h8,10,14,16,20,22,26,28,32,34,37,39,43-46,49,51-52,54-55,57,60,62,67-68,72H,6-7,9,11-13,15,17-19,21,23-25,27,29-31,33,35-36,38,40-42,47-48,50,53,56,58-59,61,63-66H2,1-5H3,(H-,70,73,74,75)/b10-8-,16-14-,22-20-,28-26-,34-32-,39-37-,45-43-,46-44+,51-49-,54-52+,57-55-,62-60+. The summed E-state index contributed by atoms with van der Waals surface area (Å²) in [5.41, 5.74) is 0. The van der Waals surface area contributed by atoms with Crippen LogP contribution >= 0.6 is 7.82 Å². The second-order valence-corrected chi connectivity index (χ2v) is 23.1. The van der Waals surface area contributed by atoms with Gasteiger partial charge in [-0.2, -0.15) is 0 Å². The summed E-state index contributed by atoms with van der Waals surface area (Å²) in [4.78, 5) is 25.5. The molecule has 0 aromatic carbocycles. The van der Waals surface area contributed by atoms with Gasteiger partial charge in [0.15, 0.2) is 0 Å². The molecule has 0 bridgehead atoms. The number of allylic oxidation sites excluding steroid dienone is 23. The topological polar surface area (TPSA) is 108 Å². The summed E-state index contributed by atoms with van der Waals surface area (Å²) < 4.78 is 23.3. The van der Waals surface area contributed by atoms with E-state index in [1.54, 1.807) is 6.08 Å². The molecule has 0 saturated heterocycles. The van der Waals surface area contributed by atoms with Crippen LogP contribution in [0, 0.1) is 0 Å². The predicted molar refractivity (Wildman–Crippen MR) is 338 cm³/mol. The third kappa shape index (κ3) is 60.0. The molecule has 0 aliphatic carbocycles. The minimum Gasteiger partial charge on any atom is -0.756 e. The molecule has 0 rings (SSSR count). The van der Waals surface area contributed by atoms with E-state index in [1.165, 1.54) is 116 Å². The van der Waals surface area contributed by atoms with Gasteiger partial charge in [-0.05, 0) is 109 Å². The third-order valence-corrected chi connectivity index (χ3v) is 14.0. The molecule has 0 radical (unpaired) electrons. The molecular weight excluding hydrogens is 984 g/mol. The van der Waals surface area contributed by atoms with Gasteiger partial charge >= 0.3 is 0 Å². The molecule has 0 fully saturated rings. The molecule has 1 amide bonds. The Bertz CT molecular complexity index is 1780. The fourth-order valence-corrected chi connectivity index (χ4v) is 8.91. The fraction of sp³-hybridized carbons (Fsp3) is 0.638. The van der Waals surface area contributed by atoms with Crippen molar-refractivity contribution in [2.24, 2.45) is 0 Å². The number of quaternary nitrogens is 1. The summed E-state index contributed by atoms with van der Waals surface area (Å²) >= 11 is 0. The highest BCUT2D eigenvalue weighted by Crippen LogP contribution is 2.38. The Hall–Kier alpha value is -3.62. The van der Waals surface area contributed by atoms with Gasteiger partial charge in [-0.1, -0.05) is 262 Å². The minimum absolute atomic E-state index is 0.0285. The summed E-state index contributed by atoms with van der Waals surface area (Å²) in [6.45, 7) is 4.46. The summed E-state index contributed by atoms with van der Waals surface area (Å²) in [6.07, 6.45) is 89.6. The summed E-state index contributed by atoms with van der Waals surface area (Å²) in [5, 5.41) is 13.8. The second kappa shape index (κ2) is 58.0. The van der Waals surface area contributed by atoms with Gasteiger partial charge in [0.2, 0.25) is 5.91 Å². The highest BCUT2D eigenvalue weighted by molar-refractivity contribution is 7.45. The van der Waals surface area contributed by atoms with Crippen molar-refractivity contribution in [3.63, 3.8) is 0 Å². The Kier molecular flexibility index (Phi) is 55.4. The van der Waals surface area contributed by atoms with Crippen LogP contribution in [0.5, 0.6) is 0 Å². The number of nitrogens with zero attached hydrogens (tertiary/aromatic N) is 1. The van der Waals surface area contributed by atoms with Crippen LogP contribution in [0.15, 0.2) is 146 Å². The number of rotatable bonds is 55. The summed E-state index contributed by atoms with van der Waals surface area (Å²) in [7, 11) is 1.18. The first-order valence-electron chi connectivity index (χ1n) is 31.2. The van der Waals surface area contributed by atoms with Crippen molar-refractivity contribution in [3.8, 4) is 0 Å². The average Bonchev–Trinajstić information content (AvgIpc) is 3.41. The smallest absolute Gasteiger partial charge is 0.268 e. The molecule has 0 saturated carbocycles. The van der Waals surface area contributed by atoms with Crippen LogP contribution in [0.1, 0.15) is 232 Å². The molecular formula is C69H117N2O6P. The van der Waals surface area contributed by atoms with E-state index in [2.05, 4.69) is 153 Å². The van der Waals surface area contributed by atoms with E-state index in [0.717, 1.165) is 83.5 Å². The van der Waals surface area contributed by atoms with Crippen molar-refractivity contribution in [1.29, 1.82) is 0 Å². The van der Waals surface area contributed by atoms with E-state index in [1.807, 2.05) is 27.2 Å². The first-order valence-corrected chi connectivity index (χ1v) is 32.7. The number of phosphoric ester groups is 1. The molecule has 3 unspecified atom stereocenters. The number of hydrogen-bond acceptors (Lipinski definition) is 6. The van der Waals surface area contributed by atoms with E-state index in [9.17, 15) is 19.4 Å². The third-order valence-electron chi connectivity index (χ3n) is 13.0. The molecule has 3 atom stereocenters. The molecule has 0 aliphatic rings. The lowest BCUT2D eigenvalue weighted by molar-refractivity contribution is -0.870. The van der Waals surface area contributed by atoms with E-state index in [0.29, 0.717) is 23.9 Å². The van der Waals surface area contributed by atoms with Crippen molar-refractivity contribution >= 4 is 13.7 Å². The van der Waals surface area contributed by atoms with Crippen LogP contribution in [0.25, 0.3) is 0 Å². The highest BCUT2D eigenvalue weighted by Gasteiger charge is 2.23. The molecule has 2 N–H and O–H groups in total. The zero-order valence-electron chi connectivity index (χ0n) is 50.6. The maximum Gasteiger partial charge on any atom is 0.268 e. The van der Waals surface area contributed by atoms with Gasteiger partial charge in [0.05, 0.1) is 39.9 Å². The van der Waals surface area contributed by atoms with Crippen LogP contribution in [0.2, 0.25) is 0 Å². The van der Waals surface area contributed by atoms with E-state index < -0.39 is 26.6 Å². The van der Waals surface area contributed by atoms with Gasteiger partial charge < -0.3 is 28.8 Å². The van der Waals surface area contributed by atoms with E-state index in [-0.39, 0.29) is 18.9 Å². The highest BCUT2D eigenvalue weighted by atomic mass is 31.2. The van der Waals surface area contributed by atoms with E-state index >= 15 is 0 Å². The fourth-order valence-electron chi connectivity index (χ4n) is 8.19. The SMILES string of the molecule is CC/C=C\C/C=C\C/C=C\C/C=C\C/C=C\C/C=C\C/C=C\C/C=C\C/C=C\CCCC(=O)NC(COP(=O)([O-])OCC[N+](C)(C)C)C(O)/C=C/CC/C=C/CC/C=C/CCCCCCCCCCCCCCCCCCC. The number of amides is 1. The number of carbonyl (C=O) groups excluding carboxylic acids is 1. The first kappa shape index (κ1) is 74.4. The average molecular weight is 1100 g/mol. The lowest BCUT2D eigenvalue weighted by atomic mass is 10.0. The number of unbranched alkanes of at least 4 members (excludes halogenated alkanes) is 20. The molecule has 78 heavy (non-hydrogen) atoms. The van der Waals surface area contributed by atoms with Gasteiger partial charge in [0.25, 0.3) is 7.82 Å². The minimum atomic E-state index is -4.64. The van der Waals surface area contributed by atoms with Crippen LogP contribution in [-0.2, 0) is 18.4 Å². The molecule has 0 spiro atoms. The van der Waals surface area contributed by atoms with Crippen molar-refractivity contribution in [3.05, 3.63) is 146 Å². The van der Waals surface area contributed by atoms with Crippen LogP contribution < -0.4 is 10.2 Å². The van der Waals surface area contributed by atoms with Gasteiger partial charge in [-0.15, -0.1) is 0 Å². The van der Waals surface area contributed by atoms with Gasteiger partial charge in [0.1, 0.15) is 13.2 Å². The Morgan fingerprint density at radius 1 is 0.462 bits per heavy atom. The molecule has 9 heteroatoms. The van der Waals surface area contributed by atoms with Crippen molar-refractivity contribution in [1.82, 2.24) is 5.32 Å². The number of phosphoric acid groups is 1. The summed E-state index contributed by atoms with van der Waals surface area (Å²) in [5.74, 6) is -0.274. The number of hydrogen-bond donors (Lipinski definition) is 2. The van der Waals surface area contributed by atoms with Crippen molar-refractivity contribution < 1.29 is 32.9 Å². The largest absolute Gasteiger partial charge is 0.756 e. The van der Waals surface area contributed by atoms with Gasteiger partial charge in [-0.25, -0.2) is 0 Å². The molecule has 0 aromatic rings. The number of aliphatic hydroxyl groups is 1.